The summed E-state index contributed by atoms with van der Waals surface area (Å²) in [5.41, 5.74) is 17.2. The molecule has 3 aromatic rings. The van der Waals surface area contributed by atoms with Gasteiger partial charge in [-0.05, 0) is 42.7 Å². The van der Waals surface area contributed by atoms with Crippen molar-refractivity contribution in [2.24, 2.45) is 10.8 Å². The zero-order valence-electron chi connectivity index (χ0n) is 14.9. The third-order valence-electron chi connectivity index (χ3n) is 4.72. The summed E-state index contributed by atoms with van der Waals surface area (Å²) in [5.74, 6) is 1.19. The van der Waals surface area contributed by atoms with E-state index in [4.69, 9.17) is 21.6 Å². The van der Waals surface area contributed by atoms with Crippen LogP contribution in [-0.4, -0.2) is 28.3 Å². The Morgan fingerprint density at radius 1 is 1.19 bits per heavy atom. The van der Waals surface area contributed by atoms with Crippen LogP contribution in [0.3, 0.4) is 0 Å². The first-order chi connectivity index (χ1) is 13.1. The molecule has 1 aromatic heterocycles. The fourth-order valence-electron chi connectivity index (χ4n) is 3.36. The molecule has 0 bridgehead atoms. The molecule has 136 valence electrons. The SMILES string of the molecule is COc1ccc(-c2cn(N=C3CCc4c(C(=N)N)cccc43)c(N)n2)cc1. The first kappa shape index (κ1) is 16.8. The molecule has 7 nitrogen and oxygen atoms in total. The van der Waals surface area contributed by atoms with Gasteiger partial charge in [0.25, 0.3) is 0 Å². The molecule has 2 aromatic carbocycles. The Kier molecular flexibility index (Phi) is 4.12. The maximum atomic E-state index is 7.75. The van der Waals surface area contributed by atoms with Crippen LogP contribution in [0.5, 0.6) is 5.75 Å². The monoisotopic (exact) mass is 360 g/mol. The van der Waals surface area contributed by atoms with E-state index in [9.17, 15) is 0 Å². The molecule has 4 rings (SSSR count). The summed E-state index contributed by atoms with van der Waals surface area (Å²) >= 11 is 0. The summed E-state index contributed by atoms with van der Waals surface area (Å²) in [7, 11) is 1.63. The third kappa shape index (κ3) is 3.03. The number of fused-ring (bicyclic) bond motifs is 1. The number of imidazole rings is 1. The van der Waals surface area contributed by atoms with Gasteiger partial charge in [0.05, 0.1) is 24.7 Å². The lowest BCUT2D eigenvalue weighted by Crippen LogP contribution is -2.13. The molecule has 1 heterocycles. The second-order valence-corrected chi connectivity index (χ2v) is 6.35. The Balaban J connectivity index is 1.69. The standard InChI is InChI=1S/C20H20N6O/c1-27-13-7-5-12(6-8-13)18-11-26(20(23)24-18)25-17-10-9-14-15(17)3-2-4-16(14)19(21)22/h2-8,11H,9-10H2,1H3,(H3,21,22)(H2,23,24). The van der Waals surface area contributed by atoms with Gasteiger partial charge in [0.2, 0.25) is 5.95 Å². The topological polar surface area (TPSA) is 115 Å². The highest BCUT2D eigenvalue weighted by molar-refractivity contribution is 6.08. The molecule has 7 heteroatoms. The number of anilines is 1. The summed E-state index contributed by atoms with van der Waals surface area (Å²) in [5, 5.41) is 12.4. The van der Waals surface area contributed by atoms with Crippen LogP contribution < -0.4 is 16.2 Å². The lowest BCUT2D eigenvalue weighted by molar-refractivity contribution is 0.415. The number of ether oxygens (including phenoxy) is 1. The first-order valence-electron chi connectivity index (χ1n) is 8.60. The Bertz CT molecular complexity index is 1050. The van der Waals surface area contributed by atoms with E-state index in [0.717, 1.165) is 52.3 Å². The number of aromatic nitrogens is 2. The molecule has 0 unspecified atom stereocenters. The van der Waals surface area contributed by atoms with E-state index in [1.807, 2.05) is 48.7 Å². The lowest BCUT2D eigenvalue weighted by atomic mass is 10.0. The molecule has 1 aliphatic rings. The Morgan fingerprint density at radius 3 is 2.67 bits per heavy atom. The minimum absolute atomic E-state index is 0.0806. The fraction of sp³-hybridized carbons (Fsp3) is 0.150. The molecule has 0 radical (unpaired) electrons. The average molecular weight is 360 g/mol. The van der Waals surface area contributed by atoms with Crippen molar-refractivity contribution in [3.05, 3.63) is 65.4 Å². The van der Waals surface area contributed by atoms with Gasteiger partial charge in [0, 0.05) is 16.7 Å². The molecule has 0 atom stereocenters. The highest BCUT2D eigenvalue weighted by Gasteiger charge is 2.22. The molecule has 0 aliphatic heterocycles. The van der Waals surface area contributed by atoms with Gasteiger partial charge in [-0.25, -0.2) is 9.66 Å². The molecular weight excluding hydrogens is 340 g/mol. The van der Waals surface area contributed by atoms with E-state index < -0.39 is 0 Å². The van der Waals surface area contributed by atoms with Crippen molar-refractivity contribution < 1.29 is 4.74 Å². The van der Waals surface area contributed by atoms with Gasteiger partial charge >= 0.3 is 0 Å². The maximum absolute atomic E-state index is 7.75. The number of benzene rings is 2. The van der Waals surface area contributed by atoms with Crippen LogP contribution in [0.1, 0.15) is 23.1 Å². The van der Waals surface area contributed by atoms with Crippen molar-refractivity contribution in [1.29, 1.82) is 5.41 Å². The molecule has 5 N–H and O–H groups in total. The van der Waals surface area contributed by atoms with Gasteiger partial charge < -0.3 is 16.2 Å². The van der Waals surface area contributed by atoms with Gasteiger partial charge in [0.15, 0.2) is 0 Å². The summed E-state index contributed by atoms with van der Waals surface area (Å²) in [6.45, 7) is 0. The van der Waals surface area contributed by atoms with E-state index in [0.29, 0.717) is 5.95 Å². The molecule has 27 heavy (non-hydrogen) atoms. The number of methoxy groups -OCH3 is 1. The summed E-state index contributed by atoms with van der Waals surface area (Å²) in [6, 6.07) is 13.4. The van der Waals surface area contributed by atoms with Crippen LogP contribution in [0.15, 0.2) is 53.8 Å². The smallest absolute Gasteiger partial charge is 0.221 e. The molecular formula is C20H20N6O. The zero-order chi connectivity index (χ0) is 19.0. The zero-order valence-corrected chi connectivity index (χ0v) is 14.9. The van der Waals surface area contributed by atoms with Crippen molar-refractivity contribution in [2.45, 2.75) is 12.8 Å². The molecule has 1 aliphatic carbocycles. The average Bonchev–Trinajstić information content (AvgIpc) is 3.26. The molecule has 0 saturated heterocycles. The van der Waals surface area contributed by atoms with Gasteiger partial charge in [-0.3, -0.25) is 5.41 Å². The largest absolute Gasteiger partial charge is 0.497 e. The Morgan fingerprint density at radius 2 is 1.96 bits per heavy atom. The number of nitrogens with one attached hydrogen (secondary N) is 1. The number of hydrogen-bond acceptors (Lipinski definition) is 5. The van der Waals surface area contributed by atoms with Gasteiger partial charge in [-0.1, -0.05) is 18.2 Å². The van der Waals surface area contributed by atoms with E-state index in [2.05, 4.69) is 10.1 Å². The number of nitrogen functional groups attached to an aromatic ring is 2. The van der Waals surface area contributed by atoms with Crippen molar-refractivity contribution in [2.75, 3.05) is 12.8 Å². The fourth-order valence-corrected chi connectivity index (χ4v) is 3.36. The minimum atomic E-state index is 0.0806. The molecule has 0 saturated carbocycles. The second kappa shape index (κ2) is 6.60. The summed E-state index contributed by atoms with van der Waals surface area (Å²) < 4.78 is 6.79. The molecule has 0 spiro atoms. The van der Waals surface area contributed by atoms with E-state index in [1.165, 1.54) is 0 Å². The third-order valence-corrected chi connectivity index (χ3v) is 4.72. The van der Waals surface area contributed by atoms with Crippen LogP contribution in [-0.2, 0) is 6.42 Å². The van der Waals surface area contributed by atoms with Crippen molar-refractivity contribution in [1.82, 2.24) is 9.66 Å². The quantitative estimate of drug-likeness (QED) is 0.490. The van der Waals surface area contributed by atoms with Crippen LogP contribution >= 0.6 is 0 Å². The number of hydrogen-bond donors (Lipinski definition) is 3. The van der Waals surface area contributed by atoms with Gasteiger partial charge in [0.1, 0.15) is 11.6 Å². The second-order valence-electron chi connectivity index (χ2n) is 6.35. The number of amidine groups is 1. The minimum Gasteiger partial charge on any atom is -0.497 e. The highest BCUT2D eigenvalue weighted by atomic mass is 16.5. The van der Waals surface area contributed by atoms with Crippen molar-refractivity contribution >= 4 is 17.5 Å². The van der Waals surface area contributed by atoms with Crippen LogP contribution in [0.4, 0.5) is 5.95 Å². The number of nitrogens with two attached hydrogens (primary N) is 2. The maximum Gasteiger partial charge on any atom is 0.221 e. The highest BCUT2D eigenvalue weighted by Crippen LogP contribution is 2.27. The lowest BCUT2D eigenvalue weighted by Gasteiger charge is -2.06. The Hall–Kier alpha value is -3.61. The van der Waals surface area contributed by atoms with E-state index in [1.54, 1.807) is 11.8 Å². The van der Waals surface area contributed by atoms with Gasteiger partial charge in [-0.2, -0.15) is 5.10 Å². The van der Waals surface area contributed by atoms with Crippen molar-refractivity contribution in [3.63, 3.8) is 0 Å². The predicted octanol–water partition coefficient (Wildman–Crippen LogP) is 2.62. The van der Waals surface area contributed by atoms with Crippen LogP contribution in [0.2, 0.25) is 0 Å². The van der Waals surface area contributed by atoms with Crippen LogP contribution in [0.25, 0.3) is 11.3 Å². The van der Waals surface area contributed by atoms with Crippen LogP contribution in [0, 0.1) is 5.41 Å². The van der Waals surface area contributed by atoms with E-state index in [-0.39, 0.29) is 5.84 Å². The number of rotatable bonds is 4. The summed E-state index contributed by atoms with van der Waals surface area (Å²) in [6.07, 6.45) is 3.40. The van der Waals surface area contributed by atoms with E-state index >= 15 is 0 Å². The molecule has 0 amide bonds. The van der Waals surface area contributed by atoms with Gasteiger partial charge in [-0.15, -0.1) is 0 Å². The molecule has 0 fully saturated rings. The predicted molar refractivity (Wildman–Crippen MR) is 106 cm³/mol. The normalized spacial score (nSPS) is 14.3. The number of nitrogens with zero attached hydrogens (tertiary/aromatic N) is 3. The summed E-state index contributed by atoms with van der Waals surface area (Å²) in [4.78, 5) is 4.42. The first-order valence-corrected chi connectivity index (χ1v) is 8.60. The Labute approximate surface area is 156 Å². The van der Waals surface area contributed by atoms with Crippen molar-refractivity contribution in [3.8, 4) is 17.0 Å².